The van der Waals surface area contributed by atoms with E-state index in [1.165, 1.54) is 17.7 Å². The number of nitro groups is 1. The Morgan fingerprint density at radius 1 is 1.02 bits per heavy atom. The Morgan fingerprint density at radius 2 is 1.85 bits per heavy atom. The summed E-state index contributed by atoms with van der Waals surface area (Å²) in [4.78, 5) is 40.2. The lowest BCUT2D eigenvalue weighted by atomic mass is 10.0. The molecular formula is C30H25N5O5. The Bertz CT molecular complexity index is 1840. The molecule has 0 aliphatic carbocycles. The number of ether oxygens (including phenoxy) is 1. The van der Waals surface area contributed by atoms with Crippen LogP contribution < -0.4 is 10.6 Å². The lowest BCUT2D eigenvalue weighted by Gasteiger charge is -2.11. The van der Waals surface area contributed by atoms with Crippen molar-refractivity contribution >= 4 is 50.7 Å². The Labute approximate surface area is 228 Å². The molecule has 10 nitrogen and oxygen atoms in total. The second kappa shape index (κ2) is 9.26. The van der Waals surface area contributed by atoms with Gasteiger partial charge in [0, 0.05) is 71.6 Å². The van der Waals surface area contributed by atoms with Crippen LogP contribution in [0, 0.1) is 10.1 Å². The van der Waals surface area contributed by atoms with Crippen molar-refractivity contribution in [2.45, 2.75) is 25.3 Å². The number of nitro benzene ring substituents is 1. The SMILES string of the molecule is O=C(OCCc1ccc([N+](=O)[O-])cc1)C1Cc2c(ccc3c2ccn3C(=O)c2c[nH]c3ccc4c(c23)CCN4)N1. The third kappa shape index (κ3) is 3.87. The lowest BCUT2D eigenvalue weighted by molar-refractivity contribution is -0.384. The van der Waals surface area contributed by atoms with Crippen molar-refractivity contribution in [1.29, 1.82) is 0 Å². The van der Waals surface area contributed by atoms with Gasteiger partial charge in [-0.1, -0.05) is 12.1 Å². The molecule has 0 fully saturated rings. The van der Waals surface area contributed by atoms with Crippen LogP contribution in [-0.4, -0.2) is 45.5 Å². The Hall–Kier alpha value is -5.12. The van der Waals surface area contributed by atoms with Gasteiger partial charge in [-0.2, -0.15) is 0 Å². The number of nitrogens with one attached hydrogen (secondary N) is 3. The van der Waals surface area contributed by atoms with E-state index < -0.39 is 11.0 Å². The van der Waals surface area contributed by atoms with Crippen molar-refractivity contribution in [1.82, 2.24) is 9.55 Å². The molecular weight excluding hydrogens is 510 g/mol. The highest BCUT2D eigenvalue weighted by molar-refractivity contribution is 6.13. The van der Waals surface area contributed by atoms with Gasteiger partial charge in [0.05, 0.1) is 22.6 Å². The molecule has 3 aromatic carbocycles. The molecule has 3 N–H and O–H groups in total. The van der Waals surface area contributed by atoms with E-state index in [9.17, 15) is 19.7 Å². The van der Waals surface area contributed by atoms with Crippen molar-refractivity contribution in [3.8, 4) is 0 Å². The van der Waals surface area contributed by atoms with Crippen LogP contribution in [-0.2, 0) is 28.8 Å². The minimum atomic E-state index is -0.528. The van der Waals surface area contributed by atoms with Crippen LogP contribution in [0.3, 0.4) is 0 Å². The molecule has 2 aliphatic heterocycles. The van der Waals surface area contributed by atoms with Gasteiger partial charge in [-0.25, -0.2) is 4.79 Å². The van der Waals surface area contributed by atoms with E-state index in [-0.39, 0.29) is 24.2 Å². The maximum Gasteiger partial charge on any atom is 0.328 e. The predicted octanol–water partition coefficient (Wildman–Crippen LogP) is 4.81. The van der Waals surface area contributed by atoms with Crippen LogP contribution in [0.2, 0.25) is 0 Å². The number of H-pyrrole nitrogens is 1. The standard InChI is InChI=1S/C30H25N5O5/c36-29(22-16-32-25-6-5-23-20(28(22)25)9-12-31-23)34-13-10-19-21-15-26(33-24(21)7-8-27(19)34)30(37)40-14-11-17-1-3-18(4-2-17)35(38)39/h1-8,10,13,16,26,31-33H,9,11-12,14-15H2. The summed E-state index contributed by atoms with van der Waals surface area (Å²) in [6, 6.07) is 15.5. The largest absolute Gasteiger partial charge is 0.464 e. The van der Waals surface area contributed by atoms with Crippen LogP contribution in [0.1, 0.15) is 27.0 Å². The molecule has 7 rings (SSSR count). The molecule has 2 aromatic heterocycles. The highest BCUT2D eigenvalue weighted by atomic mass is 16.6. The Balaban J connectivity index is 1.08. The van der Waals surface area contributed by atoms with E-state index in [4.69, 9.17) is 4.74 Å². The van der Waals surface area contributed by atoms with Gasteiger partial charge >= 0.3 is 5.97 Å². The van der Waals surface area contributed by atoms with E-state index in [0.717, 1.165) is 57.3 Å². The molecule has 0 radical (unpaired) electrons. The summed E-state index contributed by atoms with van der Waals surface area (Å²) >= 11 is 0. The Morgan fingerprint density at radius 3 is 2.67 bits per heavy atom. The first-order chi connectivity index (χ1) is 19.5. The average molecular weight is 536 g/mol. The first-order valence-corrected chi connectivity index (χ1v) is 13.2. The van der Waals surface area contributed by atoms with Crippen molar-refractivity contribution in [2.24, 2.45) is 0 Å². The van der Waals surface area contributed by atoms with Gasteiger partial charge in [0.15, 0.2) is 0 Å². The number of non-ortho nitro benzene ring substituents is 1. The number of hydrogen-bond donors (Lipinski definition) is 3. The summed E-state index contributed by atoms with van der Waals surface area (Å²) in [5.41, 5.74) is 7.33. The fourth-order valence-electron chi connectivity index (χ4n) is 5.89. The monoisotopic (exact) mass is 535 g/mol. The van der Waals surface area contributed by atoms with Crippen LogP contribution in [0.4, 0.5) is 17.1 Å². The molecule has 0 saturated carbocycles. The number of aromatic amines is 1. The predicted molar refractivity (Wildman–Crippen MR) is 151 cm³/mol. The number of fused-ring (bicyclic) bond motifs is 6. The lowest BCUT2D eigenvalue weighted by Crippen LogP contribution is -2.29. The number of benzene rings is 3. The molecule has 0 spiro atoms. The smallest absolute Gasteiger partial charge is 0.328 e. The summed E-state index contributed by atoms with van der Waals surface area (Å²) < 4.78 is 7.19. The molecule has 1 atom stereocenters. The normalized spacial score (nSPS) is 15.4. The molecule has 0 bridgehead atoms. The average Bonchev–Trinajstić information content (AvgIpc) is 3.75. The maximum atomic E-state index is 13.8. The number of aromatic nitrogens is 2. The third-order valence-corrected chi connectivity index (χ3v) is 7.88. The summed E-state index contributed by atoms with van der Waals surface area (Å²) in [5, 5.41) is 19.3. The summed E-state index contributed by atoms with van der Waals surface area (Å²) in [6.07, 6.45) is 5.37. The van der Waals surface area contributed by atoms with Crippen molar-refractivity contribution < 1.29 is 19.2 Å². The Kier molecular flexibility index (Phi) is 5.55. The zero-order valence-corrected chi connectivity index (χ0v) is 21.4. The van der Waals surface area contributed by atoms with Gasteiger partial charge < -0.3 is 20.4 Å². The van der Waals surface area contributed by atoms with E-state index >= 15 is 0 Å². The van der Waals surface area contributed by atoms with Crippen LogP contribution in [0.25, 0.3) is 21.8 Å². The van der Waals surface area contributed by atoms with E-state index in [1.54, 1.807) is 29.1 Å². The van der Waals surface area contributed by atoms with Gasteiger partial charge in [-0.05, 0) is 53.4 Å². The molecule has 0 saturated heterocycles. The number of esters is 1. The number of rotatable bonds is 6. The fraction of sp³-hybridized carbons (Fsp3) is 0.200. The van der Waals surface area contributed by atoms with E-state index in [1.807, 2.05) is 30.3 Å². The number of anilines is 2. The zero-order valence-electron chi connectivity index (χ0n) is 21.4. The molecule has 200 valence electrons. The van der Waals surface area contributed by atoms with Gasteiger partial charge in [-0.15, -0.1) is 0 Å². The summed E-state index contributed by atoms with van der Waals surface area (Å²) in [7, 11) is 0. The molecule has 5 aromatic rings. The first kappa shape index (κ1) is 24.0. The molecule has 40 heavy (non-hydrogen) atoms. The maximum absolute atomic E-state index is 13.8. The molecule has 4 heterocycles. The second-order valence-electron chi connectivity index (χ2n) is 10.2. The third-order valence-electron chi connectivity index (χ3n) is 7.88. The molecule has 1 unspecified atom stereocenters. The molecule has 2 aliphatic rings. The number of carbonyl (C=O) groups excluding carboxylic acids is 2. The van der Waals surface area contributed by atoms with Gasteiger partial charge in [0.1, 0.15) is 6.04 Å². The number of hydrogen-bond acceptors (Lipinski definition) is 7. The van der Waals surface area contributed by atoms with Crippen molar-refractivity contribution in [3.63, 3.8) is 0 Å². The highest BCUT2D eigenvalue weighted by Gasteiger charge is 2.30. The van der Waals surface area contributed by atoms with E-state index in [0.29, 0.717) is 18.4 Å². The summed E-state index contributed by atoms with van der Waals surface area (Å²) in [5.74, 6) is -0.460. The van der Waals surface area contributed by atoms with E-state index in [2.05, 4.69) is 15.6 Å². The quantitative estimate of drug-likeness (QED) is 0.162. The number of carbonyl (C=O) groups is 2. The van der Waals surface area contributed by atoms with Gasteiger partial charge in [0.25, 0.3) is 11.6 Å². The van der Waals surface area contributed by atoms with Crippen molar-refractivity contribution in [2.75, 3.05) is 23.8 Å². The first-order valence-electron chi connectivity index (χ1n) is 13.2. The zero-order chi connectivity index (χ0) is 27.4. The highest BCUT2D eigenvalue weighted by Crippen LogP contribution is 2.36. The van der Waals surface area contributed by atoms with Gasteiger partial charge in [0.2, 0.25) is 0 Å². The van der Waals surface area contributed by atoms with Crippen LogP contribution in [0.15, 0.2) is 67.0 Å². The van der Waals surface area contributed by atoms with Crippen molar-refractivity contribution in [3.05, 3.63) is 99.4 Å². The minimum Gasteiger partial charge on any atom is -0.464 e. The topological polar surface area (TPSA) is 131 Å². The fourth-order valence-corrected chi connectivity index (χ4v) is 5.89. The molecule has 0 amide bonds. The summed E-state index contributed by atoms with van der Waals surface area (Å²) in [6.45, 7) is 1.04. The second-order valence-corrected chi connectivity index (χ2v) is 10.2. The van der Waals surface area contributed by atoms with Crippen LogP contribution >= 0.6 is 0 Å². The van der Waals surface area contributed by atoms with Gasteiger partial charge in [-0.3, -0.25) is 19.5 Å². The molecule has 10 heteroatoms. The number of nitrogens with zero attached hydrogens (tertiary/aromatic N) is 2. The minimum absolute atomic E-state index is 0.0257. The van der Waals surface area contributed by atoms with Crippen LogP contribution in [0.5, 0.6) is 0 Å².